The summed E-state index contributed by atoms with van der Waals surface area (Å²) in [5.41, 5.74) is 2.01. The average molecular weight is 400 g/mol. The van der Waals surface area contributed by atoms with Crippen LogP contribution in [0.2, 0.25) is 0 Å². The molecule has 2 heterocycles. The zero-order chi connectivity index (χ0) is 20.9. The number of terminal acetylenes is 1. The van der Waals surface area contributed by atoms with Gasteiger partial charge in [0.05, 0.1) is 12.1 Å². The van der Waals surface area contributed by atoms with Crippen molar-refractivity contribution in [1.29, 1.82) is 0 Å². The van der Waals surface area contributed by atoms with Crippen LogP contribution in [0.3, 0.4) is 0 Å². The summed E-state index contributed by atoms with van der Waals surface area (Å²) in [6, 6.07) is 18.6. The Morgan fingerprint density at radius 3 is 2.47 bits per heavy atom. The molecule has 0 saturated carbocycles. The number of carbonyl (C=O) groups excluding carboxylic acids is 2. The summed E-state index contributed by atoms with van der Waals surface area (Å²) in [5.74, 6) is 2.56. The fourth-order valence-corrected chi connectivity index (χ4v) is 4.10. The first-order valence-corrected chi connectivity index (χ1v) is 10.2. The van der Waals surface area contributed by atoms with Gasteiger partial charge in [0.15, 0.2) is 0 Å². The number of unbranched alkanes of at least 4 members (excludes halogenated alkanes) is 1. The Kier molecular flexibility index (Phi) is 5.85. The number of benzene rings is 2. The molecule has 5 nitrogen and oxygen atoms in total. The fourth-order valence-electron chi connectivity index (χ4n) is 4.10. The number of cyclic esters (lactones) is 1. The first kappa shape index (κ1) is 19.8. The quantitative estimate of drug-likeness (QED) is 0.403. The minimum Gasteiger partial charge on any atom is -0.447 e. The predicted molar refractivity (Wildman–Crippen MR) is 115 cm³/mol. The molecule has 2 aliphatic rings. The van der Waals surface area contributed by atoms with Gasteiger partial charge in [0, 0.05) is 13.0 Å². The molecule has 3 atom stereocenters. The highest BCUT2D eigenvalue weighted by Crippen LogP contribution is 2.37. The van der Waals surface area contributed by atoms with E-state index in [2.05, 4.69) is 5.92 Å². The van der Waals surface area contributed by atoms with Crippen molar-refractivity contribution in [2.75, 3.05) is 13.2 Å². The van der Waals surface area contributed by atoms with Crippen molar-refractivity contribution < 1.29 is 14.3 Å². The summed E-state index contributed by atoms with van der Waals surface area (Å²) in [5, 5.41) is 0. The lowest BCUT2D eigenvalue weighted by atomic mass is 9.90. The Balaban J connectivity index is 1.60. The Morgan fingerprint density at radius 1 is 1.07 bits per heavy atom. The van der Waals surface area contributed by atoms with Crippen LogP contribution in [-0.4, -0.2) is 47.0 Å². The molecule has 0 unspecified atom stereocenters. The summed E-state index contributed by atoms with van der Waals surface area (Å²) in [4.78, 5) is 29.1. The van der Waals surface area contributed by atoms with Crippen LogP contribution in [0.5, 0.6) is 0 Å². The molecule has 2 aromatic carbocycles. The van der Waals surface area contributed by atoms with Gasteiger partial charge in [-0.05, 0) is 17.5 Å². The van der Waals surface area contributed by atoms with Crippen molar-refractivity contribution in [3.8, 4) is 12.3 Å². The fraction of sp³-hybridized carbons (Fsp3) is 0.280. The van der Waals surface area contributed by atoms with Crippen molar-refractivity contribution in [1.82, 2.24) is 9.80 Å². The van der Waals surface area contributed by atoms with E-state index < -0.39 is 12.1 Å². The van der Waals surface area contributed by atoms with E-state index >= 15 is 0 Å². The van der Waals surface area contributed by atoms with E-state index in [0.717, 1.165) is 17.5 Å². The molecule has 4 rings (SSSR count). The molecule has 152 valence electrons. The maximum absolute atomic E-state index is 13.1. The number of rotatable bonds is 7. The first-order valence-electron chi connectivity index (χ1n) is 10.2. The Bertz CT molecular complexity index is 965. The number of β-lactam (4-membered cyclic amide) rings is 1. The minimum atomic E-state index is -0.573. The third kappa shape index (κ3) is 3.81. The van der Waals surface area contributed by atoms with Crippen LogP contribution in [0.15, 0.2) is 66.7 Å². The number of hydrogen-bond donors (Lipinski definition) is 0. The molecule has 5 heteroatoms. The largest absolute Gasteiger partial charge is 0.447 e. The molecule has 2 aromatic rings. The summed E-state index contributed by atoms with van der Waals surface area (Å²) in [6.07, 6.45) is 10.3. The third-order valence-corrected chi connectivity index (χ3v) is 5.62. The smallest absolute Gasteiger partial charge is 0.411 e. The van der Waals surface area contributed by atoms with E-state index in [1.165, 1.54) is 0 Å². The average Bonchev–Trinajstić information content (AvgIpc) is 3.16. The predicted octanol–water partition coefficient (Wildman–Crippen LogP) is 3.89. The highest BCUT2D eigenvalue weighted by Gasteiger charge is 2.54. The number of hydrogen-bond acceptors (Lipinski definition) is 3. The topological polar surface area (TPSA) is 49.9 Å². The lowest BCUT2D eigenvalue weighted by Crippen LogP contribution is -2.70. The van der Waals surface area contributed by atoms with E-state index in [-0.39, 0.29) is 24.6 Å². The molecule has 0 radical (unpaired) electrons. The molecule has 0 N–H and O–H groups in total. The monoisotopic (exact) mass is 400 g/mol. The van der Waals surface area contributed by atoms with Gasteiger partial charge < -0.3 is 9.64 Å². The number of nitrogens with zero attached hydrogens (tertiary/aromatic N) is 2. The molecular formula is C25H24N2O3. The zero-order valence-corrected chi connectivity index (χ0v) is 16.7. The van der Waals surface area contributed by atoms with Crippen LogP contribution < -0.4 is 0 Å². The van der Waals surface area contributed by atoms with Crippen molar-refractivity contribution in [3.63, 3.8) is 0 Å². The zero-order valence-electron chi connectivity index (χ0n) is 16.7. The third-order valence-electron chi connectivity index (χ3n) is 5.62. The van der Waals surface area contributed by atoms with E-state index in [0.29, 0.717) is 13.0 Å². The summed E-state index contributed by atoms with van der Waals surface area (Å²) >= 11 is 0. The molecule has 0 aromatic heterocycles. The molecule has 2 aliphatic heterocycles. The van der Waals surface area contributed by atoms with Gasteiger partial charge in [-0.2, -0.15) is 0 Å². The molecule has 2 fully saturated rings. The van der Waals surface area contributed by atoms with Gasteiger partial charge in [0.2, 0.25) is 5.91 Å². The maximum Gasteiger partial charge on any atom is 0.411 e. The van der Waals surface area contributed by atoms with Gasteiger partial charge in [-0.15, -0.1) is 12.3 Å². The molecular weight excluding hydrogens is 376 g/mol. The van der Waals surface area contributed by atoms with E-state index in [9.17, 15) is 9.59 Å². The van der Waals surface area contributed by atoms with Gasteiger partial charge in [0.25, 0.3) is 0 Å². The molecule has 0 spiro atoms. The molecule has 2 amide bonds. The van der Waals surface area contributed by atoms with Crippen LogP contribution in [-0.2, 0) is 9.53 Å². The van der Waals surface area contributed by atoms with Gasteiger partial charge in [-0.25, -0.2) is 4.79 Å². The number of likely N-dealkylation sites (tertiary alicyclic amines) is 1. The second-order valence-corrected chi connectivity index (χ2v) is 7.46. The van der Waals surface area contributed by atoms with Crippen LogP contribution in [0.25, 0.3) is 6.08 Å². The Hall–Kier alpha value is -3.52. The Morgan fingerprint density at radius 2 is 1.77 bits per heavy atom. The molecule has 0 aliphatic carbocycles. The molecule has 30 heavy (non-hydrogen) atoms. The van der Waals surface area contributed by atoms with Crippen molar-refractivity contribution in [2.24, 2.45) is 0 Å². The standard InChI is InChI=1S/C25H24N2O3/c1-2-3-10-17-26-21(16-15-19-11-6-4-7-12-19)23(24(26)28)27-22(18-30-25(27)29)20-13-8-5-9-14-20/h1,4-9,11-16,21-23H,3,10,17-18H2/b16-15+/t21-,22-,23+/m1/s1. The van der Waals surface area contributed by atoms with Crippen molar-refractivity contribution in [3.05, 3.63) is 77.9 Å². The highest BCUT2D eigenvalue weighted by atomic mass is 16.6. The van der Waals surface area contributed by atoms with Gasteiger partial charge in [0.1, 0.15) is 12.6 Å². The number of carbonyl (C=O) groups is 2. The SMILES string of the molecule is C#CCCCN1C(=O)[C@@H](N2C(=O)OC[C@@H]2c2ccccc2)[C@H]1/C=C/c1ccccc1. The first-order chi connectivity index (χ1) is 14.7. The lowest BCUT2D eigenvalue weighted by molar-refractivity contribution is -0.154. The lowest BCUT2D eigenvalue weighted by Gasteiger charge is -2.49. The van der Waals surface area contributed by atoms with Crippen molar-refractivity contribution >= 4 is 18.1 Å². The minimum absolute atomic E-state index is 0.0606. The second kappa shape index (κ2) is 8.87. The van der Waals surface area contributed by atoms with Gasteiger partial charge >= 0.3 is 6.09 Å². The van der Waals surface area contributed by atoms with E-state index in [4.69, 9.17) is 11.2 Å². The van der Waals surface area contributed by atoms with Crippen LogP contribution in [0.1, 0.15) is 30.0 Å². The van der Waals surface area contributed by atoms with Crippen LogP contribution in [0, 0.1) is 12.3 Å². The molecule has 2 saturated heterocycles. The number of ether oxygens (including phenoxy) is 1. The van der Waals surface area contributed by atoms with Gasteiger partial charge in [-0.1, -0.05) is 72.8 Å². The van der Waals surface area contributed by atoms with Gasteiger partial charge in [-0.3, -0.25) is 9.69 Å². The summed E-state index contributed by atoms with van der Waals surface area (Å²) in [6.45, 7) is 0.820. The summed E-state index contributed by atoms with van der Waals surface area (Å²) in [7, 11) is 0. The number of amides is 2. The second-order valence-electron chi connectivity index (χ2n) is 7.46. The van der Waals surface area contributed by atoms with Crippen LogP contribution >= 0.6 is 0 Å². The highest BCUT2D eigenvalue weighted by molar-refractivity contribution is 5.94. The normalized spacial score (nSPS) is 23.4. The van der Waals surface area contributed by atoms with Crippen LogP contribution in [0.4, 0.5) is 4.79 Å². The maximum atomic E-state index is 13.1. The van der Waals surface area contributed by atoms with Crippen molar-refractivity contribution in [2.45, 2.75) is 31.0 Å². The van der Waals surface area contributed by atoms with E-state index in [1.807, 2.05) is 72.8 Å². The molecule has 0 bridgehead atoms. The van der Waals surface area contributed by atoms with E-state index in [1.54, 1.807) is 9.80 Å². The Labute approximate surface area is 176 Å². The summed E-state index contributed by atoms with van der Waals surface area (Å²) < 4.78 is 5.35.